The van der Waals surface area contributed by atoms with E-state index < -0.39 is 35.2 Å². The summed E-state index contributed by atoms with van der Waals surface area (Å²) in [4.78, 5) is 42.2. The van der Waals surface area contributed by atoms with Crippen LogP contribution in [0.4, 0.5) is 23.1 Å². The van der Waals surface area contributed by atoms with Crippen molar-refractivity contribution in [3.63, 3.8) is 0 Å². The molecule has 38 heavy (non-hydrogen) atoms. The molecule has 0 radical (unpaired) electrons. The minimum absolute atomic E-state index is 0.125. The standard InChI is InChI=1S/C24H28F3N5O5S/c25-24(26,27)15-3-1-2-14(10-15)20(34)28-12-19(33)30-16-6-9-32(13-16)17-4-7-23(37,8-5-17)18-11-29-21(38-18)31-22(35)36/h1-3,10-11,16-17,37H,4-9,12-13H2,(H,28,34)(H,29,31)(H,30,33)(H,35,36)/t16-,17?,23?/m1/s1. The van der Waals surface area contributed by atoms with Gasteiger partial charge in [-0.05, 0) is 50.3 Å². The summed E-state index contributed by atoms with van der Waals surface area (Å²) in [6.45, 7) is 1.02. The molecule has 2 aromatic rings. The van der Waals surface area contributed by atoms with Crippen LogP contribution in [0.1, 0.15) is 52.9 Å². The van der Waals surface area contributed by atoms with Crippen molar-refractivity contribution in [2.45, 2.75) is 56.0 Å². The molecule has 1 saturated heterocycles. The van der Waals surface area contributed by atoms with Crippen molar-refractivity contribution in [3.05, 3.63) is 46.5 Å². The van der Waals surface area contributed by atoms with Crippen LogP contribution < -0.4 is 16.0 Å². The highest BCUT2D eigenvalue weighted by Gasteiger charge is 2.40. The van der Waals surface area contributed by atoms with Crippen molar-refractivity contribution < 1.29 is 37.8 Å². The molecule has 1 aliphatic carbocycles. The number of carbonyl (C=O) groups is 3. The highest BCUT2D eigenvalue weighted by atomic mass is 32.1. The summed E-state index contributed by atoms with van der Waals surface area (Å²) in [5.41, 5.74) is -2.17. The summed E-state index contributed by atoms with van der Waals surface area (Å²) in [5.74, 6) is -1.19. The van der Waals surface area contributed by atoms with E-state index in [-0.39, 0.29) is 29.3 Å². The monoisotopic (exact) mass is 555 g/mol. The summed E-state index contributed by atoms with van der Waals surface area (Å²) in [6.07, 6.45) is -1.11. The molecule has 1 aromatic carbocycles. The van der Waals surface area contributed by atoms with Crippen LogP contribution in [0.2, 0.25) is 0 Å². The van der Waals surface area contributed by atoms with E-state index in [4.69, 9.17) is 5.11 Å². The highest BCUT2D eigenvalue weighted by molar-refractivity contribution is 7.15. The molecule has 4 rings (SSSR count). The van der Waals surface area contributed by atoms with Gasteiger partial charge in [-0.2, -0.15) is 13.2 Å². The van der Waals surface area contributed by atoms with Crippen LogP contribution in [-0.2, 0) is 16.6 Å². The molecule has 0 spiro atoms. The number of rotatable bonds is 7. The zero-order chi connectivity index (χ0) is 27.5. The van der Waals surface area contributed by atoms with Crippen molar-refractivity contribution in [1.82, 2.24) is 20.5 Å². The number of carboxylic acid groups (broad SMARTS) is 1. The molecule has 10 nitrogen and oxygen atoms in total. The number of alkyl halides is 3. The van der Waals surface area contributed by atoms with Gasteiger partial charge in [-0.1, -0.05) is 17.4 Å². The summed E-state index contributed by atoms with van der Waals surface area (Å²) in [7, 11) is 0. The first kappa shape index (κ1) is 27.8. The number of nitrogens with one attached hydrogen (secondary N) is 3. The molecule has 2 aliphatic rings. The van der Waals surface area contributed by atoms with Gasteiger partial charge in [0.25, 0.3) is 5.91 Å². The quantitative estimate of drug-likeness (QED) is 0.353. The second-order valence-corrected chi connectivity index (χ2v) is 10.6. The zero-order valence-electron chi connectivity index (χ0n) is 20.3. The third-order valence-electron chi connectivity index (χ3n) is 6.92. The maximum absolute atomic E-state index is 12.9. The average molecular weight is 556 g/mol. The first-order chi connectivity index (χ1) is 17.9. The van der Waals surface area contributed by atoms with E-state index in [1.54, 1.807) is 0 Å². The molecule has 2 heterocycles. The summed E-state index contributed by atoms with van der Waals surface area (Å²) < 4.78 is 38.6. The van der Waals surface area contributed by atoms with Gasteiger partial charge >= 0.3 is 12.3 Å². The molecule has 0 unspecified atom stereocenters. The van der Waals surface area contributed by atoms with Crippen LogP contribution in [-0.4, -0.2) is 69.7 Å². The molecule has 1 aromatic heterocycles. The Hall–Kier alpha value is -3.23. The molecular weight excluding hydrogens is 527 g/mol. The predicted octanol–water partition coefficient (Wildman–Crippen LogP) is 3.00. The summed E-state index contributed by atoms with van der Waals surface area (Å²) in [6, 6.07) is 4.11. The van der Waals surface area contributed by atoms with Gasteiger partial charge in [0.05, 0.1) is 17.0 Å². The van der Waals surface area contributed by atoms with E-state index in [9.17, 15) is 32.7 Å². The van der Waals surface area contributed by atoms with Crippen LogP contribution in [0.15, 0.2) is 30.5 Å². The van der Waals surface area contributed by atoms with E-state index in [2.05, 4.69) is 25.8 Å². The number of anilines is 1. The van der Waals surface area contributed by atoms with Crippen molar-refractivity contribution in [2.75, 3.05) is 25.0 Å². The van der Waals surface area contributed by atoms with Crippen LogP contribution in [0, 0.1) is 0 Å². The maximum atomic E-state index is 12.9. The molecular formula is C24H28F3N5O5S. The van der Waals surface area contributed by atoms with E-state index >= 15 is 0 Å². The number of hydrogen-bond acceptors (Lipinski definition) is 7. The molecule has 1 aliphatic heterocycles. The van der Waals surface area contributed by atoms with Gasteiger partial charge in [-0.15, -0.1) is 0 Å². The number of likely N-dealkylation sites (tertiary alicyclic amines) is 1. The number of carbonyl (C=O) groups excluding carboxylic acids is 2. The van der Waals surface area contributed by atoms with Gasteiger partial charge in [0.2, 0.25) is 5.91 Å². The molecule has 1 atom stereocenters. The lowest BCUT2D eigenvalue weighted by Crippen LogP contribution is -2.45. The van der Waals surface area contributed by atoms with Gasteiger partial charge in [0, 0.05) is 36.9 Å². The summed E-state index contributed by atoms with van der Waals surface area (Å²) >= 11 is 1.12. The lowest BCUT2D eigenvalue weighted by molar-refractivity contribution is -0.137. The number of benzene rings is 1. The predicted molar refractivity (Wildman–Crippen MR) is 132 cm³/mol. The normalized spacial score (nSPS) is 24.1. The van der Waals surface area contributed by atoms with Crippen LogP contribution >= 0.6 is 11.3 Å². The number of nitrogens with zero attached hydrogens (tertiary/aromatic N) is 2. The summed E-state index contributed by atoms with van der Waals surface area (Å²) in [5, 5.41) is 27.6. The lowest BCUT2D eigenvalue weighted by atomic mass is 9.81. The highest BCUT2D eigenvalue weighted by Crippen LogP contribution is 2.42. The van der Waals surface area contributed by atoms with E-state index in [1.807, 2.05) is 0 Å². The van der Waals surface area contributed by atoms with Crippen molar-refractivity contribution in [3.8, 4) is 0 Å². The Balaban J connectivity index is 1.21. The zero-order valence-corrected chi connectivity index (χ0v) is 21.1. The van der Waals surface area contributed by atoms with Crippen LogP contribution in [0.5, 0.6) is 0 Å². The van der Waals surface area contributed by atoms with Crippen molar-refractivity contribution in [1.29, 1.82) is 0 Å². The van der Waals surface area contributed by atoms with Crippen molar-refractivity contribution in [2.24, 2.45) is 0 Å². The number of hydrogen-bond donors (Lipinski definition) is 5. The van der Waals surface area contributed by atoms with Crippen LogP contribution in [0.25, 0.3) is 0 Å². The molecule has 0 bridgehead atoms. The second kappa shape index (κ2) is 11.3. The number of halogens is 3. The fourth-order valence-corrected chi connectivity index (χ4v) is 5.90. The van der Waals surface area contributed by atoms with Gasteiger partial charge in [0.1, 0.15) is 5.60 Å². The Morgan fingerprint density at radius 1 is 1.18 bits per heavy atom. The second-order valence-electron chi connectivity index (χ2n) is 9.53. The van der Waals surface area contributed by atoms with Gasteiger partial charge in [-0.25, -0.2) is 9.78 Å². The van der Waals surface area contributed by atoms with Crippen molar-refractivity contribution >= 4 is 34.4 Å². The Kier molecular flexibility index (Phi) is 8.23. The third kappa shape index (κ3) is 6.79. The van der Waals surface area contributed by atoms with E-state index in [0.717, 1.165) is 48.9 Å². The minimum Gasteiger partial charge on any atom is -0.465 e. The van der Waals surface area contributed by atoms with Gasteiger partial charge < -0.3 is 20.8 Å². The first-order valence-electron chi connectivity index (χ1n) is 12.1. The SMILES string of the molecule is O=C(O)Nc1ncc(C2(O)CCC(N3CC[C@@H](NC(=O)CNC(=O)c4cccc(C(F)(F)F)c4)C3)CC2)s1. The Morgan fingerprint density at radius 3 is 2.61 bits per heavy atom. The number of thiazole rings is 1. The first-order valence-corrected chi connectivity index (χ1v) is 12.9. The van der Waals surface area contributed by atoms with E-state index in [0.29, 0.717) is 30.7 Å². The molecule has 2 fully saturated rings. The number of amides is 3. The Labute approximate surface area is 220 Å². The topological polar surface area (TPSA) is 144 Å². The third-order valence-corrected chi connectivity index (χ3v) is 8.03. The molecule has 14 heteroatoms. The average Bonchev–Trinajstić information content (AvgIpc) is 3.52. The molecule has 3 amide bonds. The maximum Gasteiger partial charge on any atom is 0.416 e. The number of aromatic nitrogens is 1. The Morgan fingerprint density at radius 2 is 1.92 bits per heavy atom. The Bertz CT molecular complexity index is 1180. The number of aliphatic hydroxyl groups is 1. The molecule has 1 saturated carbocycles. The minimum atomic E-state index is -4.57. The lowest BCUT2D eigenvalue weighted by Gasteiger charge is -2.39. The fraction of sp³-hybridized carbons (Fsp3) is 0.500. The molecule has 206 valence electrons. The van der Waals surface area contributed by atoms with Gasteiger partial charge in [-0.3, -0.25) is 19.8 Å². The largest absolute Gasteiger partial charge is 0.465 e. The smallest absolute Gasteiger partial charge is 0.416 e. The van der Waals surface area contributed by atoms with Crippen LogP contribution in [0.3, 0.4) is 0 Å². The molecule has 5 N–H and O–H groups in total. The van der Waals surface area contributed by atoms with E-state index in [1.165, 1.54) is 12.3 Å². The van der Waals surface area contributed by atoms with Gasteiger partial charge in [0.15, 0.2) is 5.13 Å². The fourth-order valence-electron chi connectivity index (χ4n) is 4.95.